The minimum Gasteiger partial charge on any atom is -0.398 e. The van der Waals surface area contributed by atoms with E-state index in [0.29, 0.717) is 5.41 Å². The third-order valence-electron chi connectivity index (χ3n) is 2.42. The Morgan fingerprint density at radius 1 is 1.27 bits per heavy atom. The van der Waals surface area contributed by atoms with Gasteiger partial charge in [0.05, 0.1) is 0 Å². The van der Waals surface area contributed by atoms with Gasteiger partial charge in [-0.05, 0) is 30.0 Å². The van der Waals surface area contributed by atoms with E-state index in [1.807, 2.05) is 13.0 Å². The maximum Gasteiger partial charge on any atom is 0.0384 e. The quantitative estimate of drug-likeness (QED) is 0.754. The second-order valence-corrected chi connectivity index (χ2v) is 5.46. The predicted molar refractivity (Wildman–Crippen MR) is 68.3 cm³/mol. The molecule has 84 valence electrons. The second kappa shape index (κ2) is 4.13. The van der Waals surface area contributed by atoms with Crippen molar-refractivity contribution in [1.29, 1.82) is 0 Å². The lowest BCUT2D eigenvalue weighted by Gasteiger charge is -2.28. The molecule has 0 unspecified atom stereocenters. The van der Waals surface area contributed by atoms with Crippen molar-refractivity contribution in [3.05, 3.63) is 23.8 Å². The van der Waals surface area contributed by atoms with E-state index in [1.54, 1.807) is 0 Å². The normalized spacial score (nSPS) is 11.5. The predicted octanol–water partition coefficient (Wildman–Crippen LogP) is 3.06. The molecule has 0 bridgehead atoms. The van der Waals surface area contributed by atoms with Gasteiger partial charge in [0.1, 0.15) is 0 Å². The lowest BCUT2D eigenvalue weighted by Crippen LogP contribution is -2.29. The number of nitrogen functional groups attached to an aromatic ring is 1. The van der Waals surface area contributed by atoms with Crippen molar-refractivity contribution >= 4 is 11.4 Å². The van der Waals surface area contributed by atoms with Crippen molar-refractivity contribution < 1.29 is 0 Å². The summed E-state index contributed by atoms with van der Waals surface area (Å²) in [5.41, 5.74) is 9.39. The molecule has 1 rings (SSSR count). The summed E-state index contributed by atoms with van der Waals surface area (Å²) in [6.07, 6.45) is 0. The van der Waals surface area contributed by atoms with Crippen LogP contribution in [0.5, 0.6) is 0 Å². The third kappa shape index (κ3) is 3.46. The van der Waals surface area contributed by atoms with Crippen LogP contribution in [0.25, 0.3) is 0 Å². The van der Waals surface area contributed by atoms with Gasteiger partial charge in [-0.3, -0.25) is 0 Å². The van der Waals surface area contributed by atoms with E-state index in [4.69, 9.17) is 5.73 Å². The summed E-state index contributed by atoms with van der Waals surface area (Å²) >= 11 is 0. The van der Waals surface area contributed by atoms with Gasteiger partial charge in [0, 0.05) is 25.0 Å². The van der Waals surface area contributed by atoms with Crippen LogP contribution in [0.15, 0.2) is 18.2 Å². The number of hydrogen-bond donors (Lipinski definition) is 1. The average Bonchev–Trinajstić information content (AvgIpc) is 2.06. The summed E-state index contributed by atoms with van der Waals surface area (Å²) in [7, 11) is 2.11. The Bertz CT molecular complexity index is 337. The molecule has 1 aromatic rings. The van der Waals surface area contributed by atoms with Gasteiger partial charge in [0.15, 0.2) is 0 Å². The molecule has 0 amide bonds. The van der Waals surface area contributed by atoms with Crippen LogP contribution in [0.3, 0.4) is 0 Å². The lowest BCUT2D eigenvalue weighted by atomic mass is 9.96. The van der Waals surface area contributed by atoms with E-state index in [2.05, 4.69) is 44.9 Å². The van der Waals surface area contributed by atoms with Gasteiger partial charge < -0.3 is 10.6 Å². The SMILES string of the molecule is Cc1ccc(N(C)CC(C)(C)C)cc1N. The van der Waals surface area contributed by atoms with Crippen molar-refractivity contribution in [1.82, 2.24) is 0 Å². The molecule has 2 N–H and O–H groups in total. The number of nitrogens with zero attached hydrogens (tertiary/aromatic N) is 1. The minimum absolute atomic E-state index is 0.300. The zero-order chi connectivity index (χ0) is 11.6. The van der Waals surface area contributed by atoms with Crippen LogP contribution in [-0.4, -0.2) is 13.6 Å². The maximum atomic E-state index is 5.90. The molecule has 0 atom stereocenters. The Balaban J connectivity index is 2.83. The molecule has 0 radical (unpaired) electrons. The number of hydrogen-bond acceptors (Lipinski definition) is 2. The Morgan fingerprint density at radius 3 is 2.33 bits per heavy atom. The smallest absolute Gasteiger partial charge is 0.0384 e. The van der Waals surface area contributed by atoms with E-state index in [0.717, 1.165) is 17.8 Å². The molecular weight excluding hydrogens is 184 g/mol. The Kier molecular flexibility index (Phi) is 3.28. The van der Waals surface area contributed by atoms with Gasteiger partial charge in [-0.2, -0.15) is 0 Å². The topological polar surface area (TPSA) is 29.3 Å². The fraction of sp³-hybridized carbons (Fsp3) is 0.538. The monoisotopic (exact) mass is 206 g/mol. The van der Waals surface area contributed by atoms with Crippen LogP contribution < -0.4 is 10.6 Å². The van der Waals surface area contributed by atoms with Crippen LogP contribution in [-0.2, 0) is 0 Å². The summed E-state index contributed by atoms with van der Waals surface area (Å²) < 4.78 is 0. The van der Waals surface area contributed by atoms with Crippen molar-refractivity contribution in [3.8, 4) is 0 Å². The first-order valence-electron chi connectivity index (χ1n) is 5.37. The highest BCUT2D eigenvalue weighted by atomic mass is 15.1. The average molecular weight is 206 g/mol. The molecule has 0 saturated carbocycles. The number of benzene rings is 1. The number of rotatable bonds is 2. The zero-order valence-corrected chi connectivity index (χ0v) is 10.5. The van der Waals surface area contributed by atoms with Crippen LogP contribution in [0, 0.1) is 12.3 Å². The molecule has 0 aliphatic carbocycles. The largest absolute Gasteiger partial charge is 0.398 e. The Morgan fingerprint density at radius 2 is 1.87 bits per heavy atom. The van der Waals surface area contributed by atoms with E-state index >= 15 is 0 Å². The zero-order valence-electron chi connectivity index (χ0n) is 10.5. The molecule has 2 heteroatoms. The van der Waals surface area contributed by atoms with Gasteiger partial charge in [0.2, 0.25) is 0 Å². The van der Waals surface area contributed by atoms with Crippen molar-refractivity contribution in [2.45, 2.75) is 27.7 Å². The third-order valence-corrected chi connectivity index (χ3v) is 2.42. The highest BCUT2D eigenvalue weighted by molar-refractivity contribution is 5.59. The van der Waals surface area contributed by atoms with Crippen LogP contribution >= 0.6 is 0 Å². The Hall–Kier alpha value is -1.18. The molecular formula is C13H22N2. The molecule has 0 saturated heterocycles. The number of anilines is 2. The van der Waals surface area contributed by atoms with Crippen molar-refractivity contribution in [2.75, 3.05) is 24.2 Å². The van der Waals surface area contributed by atoms with Gasteiger partial charge in [-0.15, -0.1) is 0 Å². The first-order valence-corrected chi connectivity index (χ1v) is 5.37. The van der Waals surface area contributed by atoms with E-state index in [-0.39, 0.29) is 0 Å². The van der Waals surface area contributed by atoms with Crippen LogP contribution in [0.1, 0.15) is 26.3 Å². The summed E-state index contributed by atoms with van der Waals surface area (Å²) in [6, 6.07) is 6.24. The molecule has 0 fully saturated rings. The minimum atomic E-state index is 0.300. The number of aryl methyl sites for hydroxylation is 1. The van der Waals surface area contributed by atoms with Gasteiger partial charge in [-0.1, -0.05) is 26.8 Å². The summed E-state index contributed by atoms with van der Waals surface area (Å²) in [5.74, 6) is 0. The van der Waals surface area contributed by atoms with Crippen molar-refractivity contribution in [3.63, 3.8) is 0 Å². The van der Waals surface area contributed by atoms with E-state index in [9.17, 15) is 0 Å². The lowest BCUT2D eigenvalue weighted by molar-refractivity contribution is 0.419. The number of nitrogens with two attached hydrogens (primary N) is 1. The fourth-order valence-electron chi connectivity index (χ4n) is 1.67. The summed E-state index contributed by atoms with van der Waals surface area (Å²) in [5, 5.41) is 0. The van der Waals surface area contributed by atoms with Gasteiger partial charge in [0.25, 0.3) is 0 Å². The molecule has 15 heavy (non-hydrogen) atoms. The molecule has 0 spiro atoms. The maximum absolute atomic E-state index is 5.90. The Labute approximate surface area is 93.1 Å². The second-order valence-electron chi connectivity index (χ2n) is 5.46. The fourth-order valence-corrected chi connectivity index (χ4v) is 1.67. The van der Waals surface area contributed by atoms with Crippen LogP contribution in [0.2, 0.25) is 0 Å². The first kappa shape index (κ1) is 11.9. The molecule has 0 aliphatic rings. The molecule has 1 aromatic carbocycles. The standard InChI is InChI=1S/C13H22N2/c1-10-6-7-11(8-12(10)14)15(5)9-13(2,3)4/h6-8H,9,14H2,1-5H3. The van der Waals surface area contributed by atoms with Gasteiger partial charge >= 0.3 is 0 Å². The van der Waals surface area contributed by atoms with E-state index < -0.39 is 0 Å². The highest BCUT2D eigenvalue weighted by Gasteiger charge is 2.14. The van der Waals surface area contributed by atoms with Crippen LogP contribution in [0.4, 0.5) is 11.4 Å². The van der Waals surface area contributed by atoms with E-state index in [1.165, 1.54) is 5.69 Å². The summed E-state index contributed by atoms with van der Waals surface area (Å²) in [4.78, 5) is 2.25. The van der Waals surface area contributed by atoms with Gasteiger partial charge in [-0.25, -0.2) is 0 Å². The molecule has 0 aromatic heterocycles. The molecule has 0 heterocycles. The molecule has 2 nitrogen and oxygen atoms in total. The highest BCUT2D eigenvalue weighted by Crippen LogP contribution is 2.23. The first-order chi connectivity index (χ1) is 6.79. The summed E-state index contributed by atoms with van der Waals surface area (Å²) in [6.45, 7) is 9.77. The molecule has 0 aliphatic heterocycles. The van der Waals surface area contributed by atoms with Crippen molar-refractivity contribution in [2.24, 2.45) is 5.41 Å².